The molecule has 0 saturated heterocycles. The van der Waals surface area contributed by atoms with Crippen molar-refractivity contribution in [1.82, 2.24) is 14.8 Å². The average Bonchev–Trinajstić information content (AvgIpc) is 2.82. The Kier molecular flexibility index (Phi) is 4.40. The molecule has 1 aromatic carbocycles. The summed E-state index contributed by atoms with van der Waals surface area (Å²) in [5, 5.41) is 3.33. The van der Waals surface area contributed by atoms with Gasteiger partial charge in [-0.3, -0.25) is 0 Å². The zero-order valence-electron chi connectivity index (χ0n) is 12.0. The molecule has 1 unspecified atom stereocenters. The van der Waals surface area contributed by atoms with Crippen molar-refractivity contribution < 1.29 is 22.0 Å². The highest BCUT2D eigenvalue weighted by Gasteiger charge is 2.62. The van der Waals surface area contributed by atoms with Gasteiger partial charge in [0.15, 0.2) is 4.73 Å². The third-order valence-electron chi connectivity index (χ3n) is 3.37. The second-order valence-electron chi connectivity index (χ2n) is 5.01. The predicted octanol–water partition coefficient (Wildman–Crippen LogP) is 4.19. The Hall–Kier alpha value is -1.71. The molecule has 126 valence electrons. The highest BCUT2D eigenvalue weighted by atomic mass is 79.9. The molecule has 4 nitrogen and oxygen atoms in total. The number of anilines is 1. The van der Waals surface area contributed by atoms with Gasteiger partial charge in [0.1, 0.15) is 0 Å². The van der Waals surface area contributed by atoms with Crippen LogP contribution >= 0.6 is 15.9 Å². The maximum atomic E-state index is 13.3. The van der Waals surface area contributed by atoms with Crippen LogP contribution in [0.1, 0.15) is 29.9 Å². The van der Waals surface area contributed by atoms with Crippen molar-refractivity contribution in [3.8, 4) is 0 Å². The normalized spacial score (nSPS) is 14.1. The quantitative estimate of drug-likeness (QED) is 0.622. The van der Waals surface area contributed by atoms with Gasteiger partial charge in [0.05, 0.1) is 6.04 Å². The number of hydrogen-bond acceptors (Lipinski definition) is 3. The van der Waals surface area contributed by atoms with E-state index in [-0.39, 0.29) is 4.73 Å². The van der Waals surface area contributed by atoms with Crippen molar-refractivity contribution in [2.75, 3.05) is 5.73 Å². The van der Waals surface area contributed by atoms with E-state index in [2.05, 4.69) is 26.0 Å². The minimum atomic E-state index is -5.76. The van der Waals surface area contributed by atoms with Crippen molar-refractivity contribution >= 4 is 21.6 Å². The lowest BCUT2D eigenvalue weighted by Gasteiger charge is -2.16. The van der Waals surface area contributed by atoms with E-state index >= 15 is 0 Å². The zero-order chi connectivity index (χ0) is 17.6. The van der Waals surface area contributed by atoms with Crippen molar-refractivity contribution in [2.24, 2.45) is 0 Å². The van der Waals surface area contributed by atoms with Gasteiger partial charge >= 0.3 is 12.1 Å². The topological polar surface area (TPSA) is 56.7 Å². The van der Waals surface area contributed by atoms with E-state index in [9.17, 15) is 22.0 Å². The summed E-state index contributed by atoms with van der Waals surface area (Å²) in [6.07, 6.45) is -5.76. The van der Waals surface area contributed by atoms with Crippen LogP contribution in [0.15, 0.2) is 22.9 Å². The van der Waals surface area contributed by atoms with Crippen LogP contribution in [0.5, 0.6) is 0 Å². The minimum absolute atomic E-state index is 0.224. The number of hydrogen-bond donors (Lipinski definition) is 1. The largest absolute Gasteiger partial charge is 0.461 e. The van der Waals surface area contributed by atoms with Crippen LogP contribution in [0.2, 0.25) is 0 Å². The molecule has 0 bridgehead atoms. The Labute approximate surface area is 136 Å². The summed E-state index contributed by atoms with van der Waals surface area (Å²) in [5.41, 5.74) is 7.64. The molecule has 23 heavy (non-hydrogen) atoms. The molecule has 0 spiro atoms. The van der Waals surface area contributed by atoms with E-state index in [0.717, 1.165) is 10.2 Å². The fraction of sp³-hybridized carbons (Fsp3) is 0.385. The van der Waals surface area contributed by atoms with Crippen molar-refractivity contribution in [1.29, 1.82) is 0 Å². The summed E-state index contributed by atoms with van der Waals surface area (Å²) in [5.74, 6) is -6.73. The van der Waals surface area contributed by atoms with Gasteiger partial charge in [-0.25, -0.2) is 4.68 Å². The van der Waals surface area contributed by atoms with Gasteiger partial charge in [-0.15, -0.1) is 5.10 Å². The Morgan fingerprint density at radius 3 is 2.35 bits per heavy atom. The number of aryl methyl sites for hydroxylation is 1. The smallest absolute Gasteiger partial charge is 0.399 e. The SMILES string of the molecule is Cc1cc(C(C)n2nc(C(F)(F)C(F)(F)F)nc2Br)ccc1N. The molecule has 1 heterocycles. The lowest BCUT2D eigenvalue weighted by atomic mass is 10.0. The summed E-state index contributed by atoms with van der Waals surface area (Å²) in [6.45, 7) is 3.35. The van der Waals surface area contributed by atoms with Crippen molar-refractivity contribution in [2.45, 2.75) is 32.0 Å². The second kappa shape index (κ2) is 5.73. The minimum Gasteiger partial charge on any atom is -0.399 e. The van der Waals surface area contributed by atoms with Gasteiger partial charge in [-0.1, -0.05) is 12.1 Å². The highest BCUT2D eigenvalue weighted by molar-refractivity contribution is 9.10. The molecule has 1 atom stereocenters. The molecule has 0 saturated carbocycles. The molecule has 0 aliphatic carbocycles. The fourth-order valence-electron chi connectivity index (χ4n) is 1.91. The van der Waals surface area contributed by atoms with Crippen molar-refractivity contribution in [3.05, 3.63) is 39.9 Å². The molecule has 1 aromatic heterocycles. The number of benzene rings is 1. The van der Waals surface area contributed by atoms with Crippen LogP contribution in [-0.2, 0) is 5.92 Å². The molecule has 0 radical (unpaired) electrons. The second-order valence-corrected chi connectivity index (χ2v) is 5.72. The number of rotatable bonds is 3. The van der Waals surface area contributed by atoms with E-state index < -0.39 is 24.0 Å². The molecular weight excluding hydrogens is 387 g/mol. The van der Waals surface area contributed by atoms with E-state index in [1.807, 2.05) is 0 Å². The lowest BCUT2D eigenvalue weighted by molar-refractivity contribution is -0.292. The molecular formula is C13H12BrF5N4. The molecule has 2 N–H and O–H groups in total. The first-order valence-electron chi connectivity index (χ1n) is 6.38. The van der Waals surface area contributed by atoms with E-state index in [4.69, 9.17) is 5.73 Å². The molecule has 0 aliphatic heterocycles. The summed E-state index contributed by atoms with van der Waals surface area (Å²) in [7, 11) is 0. The Bertz CT molecular complexity index is 726. The van der Waals surface area contributed by atoms with Gasteiger partial charge < -0.3 is 5.73 Å². The van der Waals surface area contributed by atoms with Gasteiger partial charge in [0, 0.05) is 5.69 Å². The summed E-state index contributed by atoms with van der Waals surface area (Å²) < 4.78 is 64.7. The third-order valence-corrected chi connectivity index (χ3v) is 3.91. The standard InChI is InChI=1S/C13H12BrF5N4/c1-6-5-8(3-4-9(6)20)7(2)23-11(14)21-10(22-23)12(15,16)13(17,18)19/h3-5,7H,20H2,1-2H3. The van der Waals surface area contributed by atoms with E-state index in [0.29, 0.717) is 11.3 Å². The lowest BCUT2D eigenvalue weighted by Crippen LogP contribution is -2.35. The fourth-order valence-corrected chi connectivity index (χ4v) is 2.46. The monoisotopic (exact) mass is 398 g/mol. The Morgan fingerprint density at radius 2 is 1.83 bits per heavy atom. The first-order valence-corrected chi connectivity index (χ1v) is 7.17. The van der Waals surface area contributed by atoms with E-state index in [1.54, 1.807) is 32.0 Å². The van der Waals surface area contributed by atoms with Crippen LogP contribution in [-0.4, -0.2) is 20.9 Å². The molecule has 0 fully saturated rings. The van der Waals surface area contributed by atoms with Crippen molar-refractivity contribution in [3.63, 3.8) is 0 Å². The van der Waals surface area contributed by atoms with Crippen LogP contribution in [0.25, 0.3) is 0 Å². The van der Waals surface area contributed by atoms with Crippen LogP contribution in [0, 0.1) is 6.92 Å². The van der Waals surface area contributed by atoms with Gasteiger partial charge in [0.25, 0.3) is 0 Å². The number of nitrogens with two attached hydrogens (primary N) is 1. The molecule has 2 aromatic rings. The summed E-state index contributed by atoms with van der Waals surface area (Å²) in [6, 6.07) is 4.35. The zero-order valence-corrected chi connectivity index (χ0v) is 13.6. The van der Waals surface area contributed by atoms with Crippen LogP contribution < -0.4 is 5.73 Å². The summed E-state index contributed by atoms with van der Waals surface area (Å²) in [4.78, 5) is 3.21. The number of halogens is 6. The maximum absolute atomic E-state index is 13.3. The number of aromatic nitrogens is 3. The highest BCUT2D eigenvalue weighted by Crippen LogP contribution is 2.43. The number of nitrogen functional groups attached to an aromatic ring is 1. The van der Waals surface area contributed by atoms with E-state index in [1.165, 1.54) is 0 Å². The first kappa shape index (κ1) is 17.6. The molecule has 10 heteroatoms. The van der Waals surface area contributed by atoms with Crippen LogP contribution in [0.3, 0.4) is 0 Å². The number of alkyl halides is 5. The third kappa shape index (κ3) is 3.17. The van der Waals surface area contributed by atoms with Gasteiger partial charge in [0.2, 0.25) is 5.82 Å². The van der Waals surface area contributed by atoms with Crippen LogP contribution in [0.4, 0.5) is 27.6 Å². The summed E-state index contributed by atoms with van der Waals surface area (Å²) >= 11 is 2.87. The molecule has 2 rings (SSSR count). The molecule has 0 aliphatic rings. The predicted molar refractivity (Wildman–Crippen MR) is 77.1 cm³/mol. The number of nitrogens with zero attached hydrogens (tertiary/aromatic N) is 3. The van der Waals surface area contributed by atoms with Gasteiger partial charge in [-0.05, 0) is 47.0 Å². The Morgan fingerprint density at radius 1 is 1.22 bits per heavy atom. The molecule has 0 amide bonds. The van der Waals surface area contributed by atoms with Gasteiger partial charge in [-0.2, -0.15) is 26.9 Å². The average molecular weight is 399 g/mol. The Balaban J connectivity index is 2.43. The first-order chi connectivity index (χ1) is 10.4. The maximum Gasteiger partial charge on any atom is 0.461 e.